The highest BCUT2D eigenvalue weighted by Gasteiger charge is 2.47. The molecular weight excluding hydrogens is 501 g/mol. The van der Waals surface area contributed by atoms with Crippen LogP contribution < -0.4 is 5.32 Å². The molecule has 1 N–H and O–H groups in total. The van der Waals surface area contributed by atoms with Crippen LogP contribution in [0.1, 0.15) is 40.0 Å². The Kier molecular flexibility index (Phi) is 7.00. The maximum Gasteiger partial charge on any atom is 0.419 e. The molecule has 0 bridgehead atoms. The molecule has 12 heteroatoms. The summed E-state index contributed by atoms with van der Waals surface area (Å²) in [5.41, 5.74) is 0.897. The van der Waals surface area contributed by atoms with Crippen molar-refractivity contribution in [2.24, 2.45) is 5.92 Å². The zero-order valence-electron chi connectivity index (χ0n) is 19.7. The fraction of sp³-hybridized carbons (Fsp3) is 0.417. The van der Waals surface area contributed by atoms with E-state index < -0.39 is 48.5 Å². The summed E-state index contributed by atoms with van der Waals surface area (Å²) in [6.07, 6.45) is -3.73. The van der Waals surface area contributed by atoms with Crippen LogP contribution in [0.3, 0.4) is 0 Å². The number of alkyl halides is 5. The normalized spacial score (nSPS) is 19.8. The van der Waals surface area contributed by atoms with Crippen LogP contribution in [0.15, 0.2) is 36.7 Å². The summed E-state index contributed by atoms with van der Waals surface area (Å²) >= 11 is 1.31. The quantitative estimate of drug-likeness (QED) is 0.424. The molecule has 1 amide bonds. The van der Waals surface area contributed by atoms with Gasteiger partial charge in [0.15, 0.2) is 0 Å². The smallest absolute Gasteiger partial charge is 0.352 e. The number of nitrogens with zero attached hydrogens (tertiary/aromatic N) is 4. The predicted molar refractivity (Wildman–Crippen MR) is 126 cm³/mol. The molecule has 1 saturated heterocycles. The van der Waals surface area contributed by atoms with Gasteiger partial charge in [0.25, 0.3) is 11.8 Å². The molecule has 3 aromatic rings. The number of benzene rings is 1. The van der Waals surface area contributed by atoms with Crippen LogP contribution in [0.25, 0.3) is 10.4 Å². The van der Waals surface area contributed by atoms with Crippen LogP contribution in [0.4, 0.5) is 27.9 Å². The molecule has 0 saturated carbocycles. The van der Waals surface area contributed by atoms with Gasteiger partial charge in [-0.2, -0.15) is 13.2 Å². The summed E-state index contributed by atoms with van der Waals surface area (Å²) < 4.78 is 67.5. The van der Waals surface area contributed by atoms with Gasteiger partial charge >= 0.3 is 6.18 Å². The zero-order chi connectivity index (χ0) is 26.3. The Balaban J connectivity index is 1.60. The number of amides is 1. The standard InChI is InChI=1S/C24H24F5N5OS/c1-13-4-6-16(7-5-13)20-19(33-15(3)36-20)21(35)34-12-23(25,26)8-14(2)18(34)11-32-22-30-9-17(10-31-22)24(27,28)29/h4-7,9-10,14,18H,8,11-12H2,1-3H3,(H,30,31,32)/t14-,18-/m1/s1. The molecule has 1 aromatic carbocycles. The number of aryl methyl sites for hydroxylation is 2. The van der Waals surface area contributed by atoms with Crippen molar-refractivity contribution < 1.29 is 26.7 Å². The lowest BCUT2D eigenvalue weighted by Crippen LogP contribution is -2.57. The fourth-order valence-electron chi connectivity index (χ4n) is 4.25. The molecule has 0 aliphatic carbocycles. The molecule has 3 heterocycles. The Labute approximate surface area is 208 Å². The lowest BCUT2D eigenvalue weighted by molar-refractivity contribution is -0.138. The second kappa shape index (κ2) is 9.72. The Hall–Kier alpha value is -3.15. The van der Waals surface area contributed by atoms with E-state index in [0.29, 0.717) is 22.3 Å². The largest absolute Gasteiger partial charge is 0.419 e. The monoisotopic (exact) mass is 525 g/mol. The maximum atomic E-state index is 14.6. The van der Waals surface area contributed by atoms with Gasteiger partial charge in [-0.3, -0.25) is 4.79 Å². The van der Waals surface area contributed by atoms with Gasteiger partial charge in [0, 0.05) is 25.4 Å². The highest BCUT2D eigenvalue weighted by atomic mass is 32.1. The topological polar surface area (TPSA) is 71.0 Å². The molecule has 6 nitrogen and oxygen atoms in total. The van der Waals surface area contributed by atoms with Crippen molar-refractivity contribution in [1.29, 1.82) is 0 Å². The minimum absolute atomic E-state index is 0.0165. The molecule has 1 aliphatic rings. The molecule has 0 spiro atoms. The van der Waals surface area contributed by atoms with Gasteiger partial charge in [0.1, 0.15) is 5.69 Å². The Bertz CT molecular complexity index is 1230. The van der Waals surface area contributed by atoms with E-state index in [-0.39, 0.29) is 18.2 Å². The highest BCUT2D eigenvalue weighted by Crippen LogP contribution is 2.37. The third-order valence-electron chi connectivity index (χ3n) is 6.04. The number of aromatic nitrogens is 3. The summed E-state index contributed by atoms with van der Waals surface area (Å²) in [6.45, 7) is 4.48. The molecule has 1 aliphatic heterocycles. The van der Waals surface area contributed by atoms with Crippen molar-refractivity contribution >= 4 is 23.2 Å². The van der Waals surface area contributed by atoms with E-state index in [4.69, 9.17) is 0 Å². The Morgan fingerprint density at radius 3 is 2.42 bits per heavy atom. The predicted octanol–water partition coefficient (Wildman–Crippen LogP) is 5.83. The average Bonchev–Trinajstić information content (AvgIpc) is 3.19. The van der Waals surface area contributed by atoms with Gasteiger partial charge in [0.2, 0.25) is 5.95 Å². The molecule has 4 rings (SSSR count). The van der Waals surface area contributed by atoms with Crippen molar-refractivity contribution in [2.75, 3.05) is 18.4 Å². The van der Waals surface area contributed by atoms with Crippen LogP contribution in [-0.4, -0.2) is 50.8 Å². The van der Waals surface area contributed by atoms with Crippen molar-refractivity contribution in [3.05, 3.63) is 58.5 Å². The number of carbonyl (C=O) groups excluding carboxylic acids is 1. The lowest BCUT2D eigenvalue weighted by atomic mass is 9.88. The first-order valence-corrected chi connectivity index (χ1v) is 12.0. The van der Waals surface area contributed by atoms with Crippen LogP contribution in [-0.2, 0) is 6.18 Å². The maximum absolute atomic E-state index is 14.6. The molecule has 36 heavy (non-hydrogen) atoms. The first kappa shape index (κ1) is 25.9. The van der Waals surface area contributed by atoms with E-state index in [0.717, 1.165) is 16.0 Å². The molecule has 0 radical (unpaired) electrons. The number of likely N-dealkylation sites (tertiary alicyclic amines) is 1. The summed E-state index contributed by atoms with van der Waals surface area (Å²) in [5, 5.41) is 3.42. The van der Waals surface area contributed by atoms with Gasteiger partial charge in [-0.1, -0.05) is 36.8 Å². The van der Waals surface area contributed by atoms with Gasteiger partial charge < -0.3 is 10.2 Å². The van der Waals surface area contributed by atoms with Gasteiger partial charge in [0.05, 0.1) is 28.0 Å². The third-order valence-corrected chi connectivity index (χ3v) is 7.06. The number of anilines is 1. The minimum atomic E-state index is -4.58. The fourth-order valence-corrected chi connectivity index (χ4v) is 5.17. The first-order valence-electron chi connectivity index (χ1n) is 11.2. The van der Waals surface area contributed by atoms with Crippen LogP contribution >= 0.6 is 11.3 Å². The first-order chi connectivity index (χ1) is 16.8. The van der Waals surface area contributed by atoms with Gasteiger partial charge in [-0.15, -0.1) is 11.3 Å². The molecular formula is C24H24F5N5OS. The number of rotatable bonds is 5. The Morgan fingerprint density at radius 1 is 1.17 bits per heavy atom. The summed E-state index contributed by atoms with van der Waals surface area (Å²) in [7, 11) is 0. The molecule has 1 fully saturated rings. The number of hydrogen-bond donors (Lipinski definition) is 1. The lowest BCUT2D eigenvalue weighted by Gasteiger charge is -2.43. The average molecular weight is 526 g/mol. The SMILES string of the molecule is Cc1ccc(-c2sc(C)nc2C(=O)N2CC(F)(F)C[C@@H](C)[C@H]2CNc2ncc(C(F)(F)F)cn2)cc1. The summed E-state index contributed by atoms with van der Waals surface area (Å²) in [6, 6.07) is 6.82. The number of hydrogen-bond acceptors (Lipinski definition) is 6. The third kappa shape index (κ3) is 5.63. The molecule has 0 unspecified atom stereocenters. The zero-order valence-corrected chi connectivity index (χ0v) is 20.6. The highest BCUT2D eigenvalue weighted by molar-refractivity contribution is 7.15. The van der Waals surface area contributed by atoms with E-state index in [1.807, 2.05) is 31.2 Å². The van der Waals surface area contributed by atoms with E-state index in [9.17, 15) is 26.7 Å². The number of halogens is 5. The second-order valence-corrected chi connectivity index (χ2v) is 10.2. The van der Waals surface area contributed by atoms with Crippen molar-refractivity contribution in [3.8, 4) is 10.4 Å². The van der Waals surface area contributed by atoms with Gasteiger partial charge in [-0.25, -0.2) is 23.7 Å². The van der Waals surface area contributed by atoms with Crippen molar-refractivity contribution in [1.82, 2.24) is 19.9 Å². The number of nitrogens with one attached hydrogen (secondary N) is 1. The van der Waals surface area contributed by atoms with Crippen LogP contribution in [0.5, 0.6) is 0 Å². The van der Waals surface area contributed by atoms with E-state index in [1.165, 1.54) is 11.3 Å². The van der Waals surface area contributed by atoms with E-state index >= 15 is 0 Å². The summed E-state index contributed by atoms with van der Waals surface area (Å²) in [5.74, 6) is -4.42. The van der Waals surface area contributed by atoms with E-state index in [2.05, 4.69) is 20.3 Å². The second-order valence-electron chi connectivity index (χ2n) is 8.99. The van der Waals surface area contributed by atoms with E-state index in [1.54, 1.807) is 13.8 Å². The Morgan fingerprint density at radius 2 is 1.81 bits per heavy atom. The van der Waals surface area contributed by atoms with Crippen LogP contribution in [0, 0.1) is 19.8 Å². The number of piperidine rings is 1. The van der Waals surface area contributed by atoms with Crippen LogP contribution in [0.2, 0.25) is 0 Å². The van der Waals surface area contributed by atoms with Gasteiger partial charge in [-0.05, 0) is 25.3 Å². The number of thiazole rings is 1. The van der Waals surface area contributed by atoms with Crippen molar-refractivity contribution in [2.45, 2.75) is 45.3 Å². The molecule has 2 aromatic heterocycles. The van der Waals surface area contributed by atoms with Crippen molar-refractivity contribution in [3.63, 3.8) is 0 Å². The molecule has 192 valence electrons. The minimum Gasteiger partial charge on any atom is -0.352 e. The number of carbonyl (C=O) groups is 1. The summed E-state index contributed by atoms with van der Waals surface area (Å²) in [4.78, 5) is 27.1. The molecule has 2 atom stereocenters.